The van der Waals surface area contributed by atoms with Crippen LogP contribution in [-0.4, -0.2) is 82.8 Å². The molecule has 0 radical (unpaired) electrons. The molecule has 14 heteroatoms. The molecule has 0 unspecified atom stereocenters. The van der Waals surface area contributed by atoms with E-state index in [9.17, 15) is 22.8 Å². The first-order valence-corrected chi connectivity index (χ1v) is 15.0. The SMILES string of the molecule is COc1ccc(OC)c(S(=O)(=O)N[C@H](Cc2ccccc2)C(=O)N2CCC[C@H]2C(=O)N[C@H](C=O)CCCN=C(N)N)c1. The summed E-state index contributed by atoms with van der Waals surface area (Å²) in [6.45, 7) is 0.554. The minimum atomic E-state index is -4.29. The first-order chi connectivity index (χ1) is 20.1. The van der Waals surface area contributed by atoms with E-state index in [0.717, 1.165) is 5.56 Å². The number of sulfonamides is 1. The summed E-state index contributed by atoms with van der Waals surface area (Å²) in [6.07, 6.45) is 2.34. The van der Waals surface area contributed by atoms with Gasteiger partial charge in [0.2, 0.25) is 21.8 Å². The Labute approximate surface area is 245 Å². The summed E-state index contributed by atoms with van der Waals surface area (Å²) in [6, 6.07) is 10.4. The molecule has 1 saturated heterocycles. The second kappa shape index (κ2) is 15.2. The molecule has 3 atom stereocenters. The Morgan fingerprint density at radius 3 is 2.52 bits per heavy atom. The summed E-state index contributed by atoms with van der Waals surface area (Å²) in [7, 11) is -1.54. The minimum absolute atomic E-state index is 0.0395. The lowest BCUT2D eigenvalue weighted by Gasteiger charge is -2.29. The van der Waals surface area contributed by atoms with Gasteiger partial charge in [0.25, 0.3) is 0 Å². The fraction of sp³-hybridized carbons (Fsp3) is 0.429. The van der Waals surface area contributed by atoms with Crippen LogP contribution in [0.4, 0.5) is 0 Å². The predicted molar refractivity (Wildman–Crippen MR) is 156 cm³/mol. The van der Waals surface area contributed by atoms with E-state index in [4.69, 9.17) is 20.9 Å². The van der Waals surface area contributed by atoms with Crippen molar-refractivity contribution in [3.8, 4) is 11.5 Å². The van der Waals surface area contributed by atoms with Gasteiger partial charge < -0.3 is 36.0 Å². The van der Waals surface area contributed by atoms with Crippen LogP contribution in [0.25, 0.3) is 0 Å². The molecule has 0 aliphatic carbocycles. The first kappa shape index (κ1) is 32.3. The van der Waals surface area contributed by atoms with Crippen molar-refractivity contribution in [1.82, 2.24) is 14.9 Å². The number of rotatable bonds is 15. The summed E-state index contributed by atoms with van der Waals surface area (Å²) >= 11 is 0. The molecule has 0 aromatic heterocycles. The lowest BCUT2D eigenvalue weighted by atomic mass is 10.0. The van der Waals surface area contributed by atoms with Crippen LogP contribution in [0.1, 0.15) is 31.2 Å². The number of hydrogen-bond donors (Lipinski definition) is 4. The molecule has 1 aliphatic rings. The van der Waals surface area contributed by atoms with Gasteiger partial charge in [0.15, 0.2) is 5.96 Å². The fourth-order valence-corrected chi connectivity index (χ4v) is 6.12. The number of likely N-dealkylation sites (tertiary alicyclic amines) is 1. The van der Waals surface area contributed by atoms with Gasteiger partial charge in [-0.15, -0.1) is 0 Å². The number of aliphatic imine (C=N–C) groups is 1. The van der Waals surface area contributed by atoms with Crippen LogP contribution in [0.2, 0.25) is 0 Å². The monoisotopic (exact) mass is 602 g/mol. The standard InChI is InChI=1S/C28H38N6O7S/c1-40-21-12-13-24(41-2)25(17-21)42(38,39)33-22(16-19-8-4-3-5-9-19)27(37)34-15-7-11-23(34)26(36)32-20(18-35)10-6-14-31-28(29)30/h3-5,8-9,12-13,17-18,20,22-23,33H,6-7,10-11,14-16H2,1-2H3,(H,32,36)(H4,29,30,31)/t20-,22+,23-/m0/s1. The normalized spacial score (nSPS) is 16.2. The number of hydrogen-bond acceptors (Lipinski definition) is 8. The molecule has 228 valence electrons. The Morgan fingerprint density at radius 2 is 1.88 bits per heavy atom. The van der Waals surface area contributed by atoms with E-state index in [1.54, 1.807) is 30.3 Å². The molecule has 1 aliphatic heterocycles. The van der Waals surface area contributed by atoms with Crippen LogP contribution in [-0.2, 0) is 30.8 Å². The third-order valence-electron chi connectivity index (χ3n) is 6.84. The topological polar surface area (TPSA) is 196 Å². The smallest absolute Gasteiger partial charge is 0.245 e. The van der Waals surface area contributed by atoms with Crippen molar-refractivity contribution in [3.63, 3.8) is 0 Å². The van der Waals surface area contributed by atoms with Crippen LogP contribution in [0.15, 0.2) is 58.4 Å². The van der Waals surface area contributed by atoms with E-state index in [1.807, 2.05) is 6.07 Å². The number of nitrogens with zero attached hydrogens (tertiary/aromatic N) is 2. The molecule has 1 fully saturated rings. The zero-order valence-electron chi connectivity index (χ0n) is 23.7. The number of nitrogens with two attached hydrogens (primary N) is 2. The first-order valence-electron chi connectivity index (χ1n) is 13.5. The Hall–Kier alpha value is -4.17. The summed E-state index contributed by atoms with van der Waals surface area (Å²) < 4.78 is 40.2. The number of amides is 2. The molecule has 0 bridgehead atoms. The average molecular weight is 603 g/mol. The van der Waals surface area contributed by atoms with E-state index < -0.39 is 40.0 Å². The van der Waals surface area contributed by atoms with Gasteiger partial charge in [-0.1, -0.05) is 30.3 Å². The van der Waals surface area contributed by atoms with Crippen molar-refractivity contribution in [1.29, 1.82) is 0 Å². The third kappa shape index (κ3) is 8.66. The summed E-state index contributed by atoms with van der Waals surface area (Å²) in [5, 5.41) is 2.69. The molecule has 13 nitrogen and oxygen atoms in total. The van der Waals surface area contributed by atoms with Gasteiger partial charge in [0, 0.05) is 19.2 Å². The van der Waals surface area contributed by atoms with Crippen molar-refractivity contribution in [2.24, 2.45) is 16.5 Å². The molecule has 0 saturated carbocycles. The number of guanidine groups is 1. The van der Waals surface area contributed by atoms with Gasteiger partial charge in [-0.25, -0.2) is 8.42 Å². The number of benzene rings is 2. The molecular weight excluding hydrogens is 564 g/mol. The van der Waals surface area contributed by atoms with E-state index in [0.29, 0.717) is 44.3 Å². The number of aldehydes is 1. The molecule has 2 aromatic carbocycles. The fourth-order valence-electron chi connectivity index (χ4n) is 4.75. The van der Waals surface area contributed by atoms with E-state index >= 15 is 0 Å². The highest BCUT2D eigenvalue weighted by atomic mass is 32.2. The zero-order valence-corrected chi connectivity index (χ0v) is 24.5. The third-order valence-corrected chi connectivity index (χ3v) is 8.33. The van der Waals surface area contributed by atoms with Gasteiger partial charge in [-0.2, -0.15) is 4.72 Å². The van der Waals surface area contributed by atoms with Crippen LogP contribution in [0.3, 0.4) is 0 Å². The molecule has 0 spiro atoms. The molecule has 42 heavy (non-hydrogen) atoms. The molecule has 1 heterocycles. The van der Waals surface area contributed by atoms with Crippen molar-refractivity contribution in [2.45, 2.75) is 55.1 Å². The van der Waals surface area contributed by atoms with Crippen molar-refractivity contribution in [3.05, 3.63) is 54.1 Å². The molecular formula is C28H38N6O7S. The predicted octanol–water partition coefficient (Wildman–Crippen LogP) is 0.322. The maximum absolute atomic E-state index is 13.9. The summed E-state index contributed by atoms with van der Waals surface area (Å²) in [5.74, 6) is -0.742. The van der Waals surface area contributed by atoms with E-state index in [2.05, 4.69) is 15.0 Å². The maximum Gasteiger partial charge on any atom is 0.245 e. The molecule has 2 aromatic rings. The Kier molecular flexibility index (Phi) is 11.7. The van der Waals surface area contributed by atoms with Crippen molar-refractivity contribution >= 4 is 34.1 Å². The quantitative estimate of drug-likeness (QED) is 0.0961. The van der Waals surface area contributed by atoms with Crippen LogP contribution >= 0.6 is 0 Å². The average Bonchev–Trinajstić information content (AvgIpc) is 3.48. The lowest BCUT2D eigenvalue weighted by Crippen LogP contribution is -2.55. The highest BCUT2D eigenvalue weighted by Gasteiger charge is 2.39. The van der Waals surface area contributed by atoms with Gasteiger partial charge >= 0.3 is 0 Å². The van der Waals surface area contributed by atoms with Gasteiger partial charge in [-0.05, 0) is 49.8 Å². The van der Waals surface area contributed by atoms with E-state index in [-0.39, 0.29) is 29.6 Å². The molecule has 2 amide bonds. The Morgan fingerprint density at radius 1 is 1.14 bits per heavy atom. The highest BCUT2D eigenvalue weighted by molar-refractivity contribution is 7.89. The summed E-state index contributed by atoms with van der Waals surface area (Å²) in [4.78, 5) is 43.8. The van der Waals surface area contributed by atoms with Crippen LogP contribution in [0.5, 0.6) is 11.5 Å². The number of nitrogens with one attached hydrogen (secondary N) is 2. The number of ether oxygens (including phenoxy) is 2. The lowest BCUT2D eigenvalue weighted by molar-refractivity contribution is -0.140. The maximum atomic E-state index is 13.9. The van der Waals surface area contributed by atoms with Crippen molar-refractivity contribution in [2.75, 3.05) is 27.3 Å². The van der Waals surface area contributed by atoms with Gasteiger partial charge in [-0.3, -0.25) is 14.6 Å². The second-order valence-electron chi connectivity index (χ2n) is 9.77. The van der Waals surface area contributed by atoms with Crippen molar-refractivity contribution < 1.29 is 32.3 Å². The Bertz CT molecular complexity index is 1370. The Balaban J connectivity index is 1.83. The van der Waals surface area contributed by atoms with E-state index in [1.165, 1.54) is 31.3 Å². The highest BCUT2D eigenvalue weighted by Crippen LogP contribution is 2.29. The number of methoxy groups -OCH3 is 2. The second-order valence-corrected chi connectivity index (χ2v) is 11.5. The van der Waals surface area contributed by atoms with Gasteiger partial charge in [0.1, 0.15) is 34.8 Å². The number of carbonyl (C=O) groups excluding carboxylic acids is 3. The van der Waals surface area contributed by atoms with Crippen LogP contribution < -0.4 is 31.0 Å². The molecule has 3 rings (SSSR count). The van der Waals surface area contributed by atoms with Gasteiger partial charge in [0.05, 0.1) is 20.3 Å². The van der Waals surface area contributed by atoms with Crippen LogP contribution in [0, 0.1) is 0 Å². The largest absolute Gasteiger partial charge is 0.497 e. The molecule has 6 N–H and O–H groups in total. The summed E-state index contributed by atoms with van der Waals surface area (Å²) in [5.41, 5.74) is 11.4. The number of carbonyl (C=O) groups is 3. The minimum Gasteiger partial charge on any atom is -0.497 e. The zero-order chi connectivity index (χ0) is 30.7.